The van der Waals surface area contributed by atoms with Gasteiger partial charge in [-0.05, 0) is 36.2 Å². The molecule has 1 N–H and O–H groups in total. The summed E-state index contributed by atoms with van der Waals surface area (Å²) in [5, 5.41) is 8.86. The molecule has 0 aromatic heterocycles. The molecular formula is C23H24ClNO5S. The van der Waals surface area contributed by atoms with E-state index in [0.29, 0.717) is 23.1 Å². The Kier molecular flexibility index (Phi) is 7.51. The predicted molar refractivity (Wildman–Crippen MR) is 124 cm³/mol. The molecule has 6 nitrogen and oxygen atoms in total. The van der Waals surface area contributed by atoms with Crippen LogP contribution in [0.3, 0.4) is 0 Å². The molecule has 0 spiro atoms. The molecule has 0 saturated carbocycles. The van der Waals surface area contributed by atoms with Crippen LogP contribution in [0.15, 0.2) is 49.1 Å². The molecule has 8 heteroatoms. The molecule has 1 aliphatic heterocycles. The number of ether oxygens (including phenoxy) is 2. The molecule has 0 saturated heterocycles. The molecule has 0 radical (unpaired) electrons. The first-order valence-corrected chi connectivity index (χ1v) is 11.0. The summed E-state index contributed by atoms with van der Waals surface area (Å²) in [5.74, 6) is 0.0443. The fraction of sp³-hybridized carbons (Fsp3) is 0.304. The molecule has 2 aromatic carbocycles. The van der Waals surface area contributed by atoms with Gasteiger partial charge in [-0.25, -0.2) is 0 Å². The van der Waals surface area contributed by atoms with Gasteiger partial charge >= 0.3 is 5.97 Å². The number of halogens is 1. The van der Waals surface area contributed by atoms with Crippen LogP contribution in [0.25, 0.3) is 0 Å². The number of hydrogen-bond acceptors (Lipinski definition) is 5. The van der Waals surface area contributed by atoms with Gasteiger partial charge < -0.3 is 19.5 Å². The van der Waals surface area contributed by atoms with Gasteiger partial charge in [0.05, 0.1) is 24.7 Å². The maximum Gasteiger partial charge on any atom is 0.303 e. The van der Waals surface area contributed by atoms with Crippen LogP contribution in [-0.4, -0.2) is 43.0 Å². The molecule has 1 aliphatic rings. The number of anilines is 1. The van der Waals surface area contributed by atoms with Gasteiger partial charge in [-0.1, -0.05) is 29.8 Å². The van der Waals surface area contributed by atoms with E-state index in [1.165, 1.54) is 11.8 Å². The summed E-state index contributed by atoms with van der Waals surface area (Å²) in [6.45, 7) is 4.08. The Morgan fingerprint density at radius 3 is 2.68 bits per heavy atom. The van der Waals surface area contributed by atoms with Crippen molar-refractivity contribution in [3.8, 4) is 11.5 Å². The van der Waals surface area contributed by atoms with Crippen LogP contribution in [-0.2, 0) is 9.59 Å². The maximum atomic E-state index is 13.4. The minimum atomic E-state index is -0.941. The van der Waals surface area contributed by atoms with Crippen LogP contribution in [0.1, 0.15) is 29.2 Å². The summed E-state index contributed by atoms with van der Waals surface area (Å²) >= 11 is 7.75. The Bertz CT molecular complexity index is 996. The Hall–Kier alpha value is -2.64. The Labute approximate surface area is 190 Å². The topological polar surface area (TPSA) is 76.1 Å². The van der Waals surface area contributed by atoms with Crippen molar-refractivity contribution in [3.63, 3.8) is 0 Å². The van der Waals surface area contributed by atoms with Gasteiger partial charge in [0.25, 0.3) is 0 Å². The maximum absolute atomic E-state index is 13.4. The highest BCUT2D eigenvalue weighted by Crippen LogP contribution is 2.51. The third-order valence-electron chi connectivity index (χ3n) is 5.05. The number of carbonyl (C=O) groups excluding carboxylic acids is 1. The molecule has 1 heterocycles. The van der Waals surface area contributed by atoms with Gasteiger partial charge in [0.2, 0.25) is 5.91 Å². The second kappa shape index (κ2) is 10.1. The monoisotopic (exact) mass is 461 g/mol. The lowest BCUT2D eigenvalue weighted by Crippen LogP contribution is -2.37. The molecule has 0 unspecified atom stereocenters. The number of aliphatic carboxylic acids is 1. The highest BCUT2D eigenvalue weighted by atomic mass is 35.5. The van der Waals surface area contributed by atoms with Gasteiger partial charge in [0.15, 0.2) is 11.5 Å². The van der Waals surface area contributed by atoms with Crippen LogP contribution in [0, 0.1) is 0 Å². The van der Waals surface area contributed by atoms with Crippen molar-refractivity contribution >= 4 is 40.9 Å². The number of hydrogen-bond donors (Lipinski definition) is 1. The fourth-order valence-corrected chi connectivity index (χ4v) is 5.37. The molecular weight excluding hydrogens is 438 g/mol. The highest BCUT2D eigenvalue weighted by molar-refractivity contribution is 8.01. The number of rotatable bonds is 8. The molecule has 0 bridgehead atoms. The first-order valence-electron chi connectivity index (χ1n) is 9.71. The molecule has 2 atom stereocenters. The van der Waals surface area contributed by atoms with Crippen LogP contribution in [0.4, 0.5) is 5.69 Å². The number of carbonyl (C=O) groups is 2. The number of carboxylic acid groups (broad SMARTS) is 1. The van der Waals surface area contributed by atoms with E-state index in [4.69, 9.17) is 21.1 Å². The van der Waals surface area contributed by atoms with E-state index in [9.17, 15) is 14.7 Å². The lowest BCUT2D eigenvalue weighted by Gasteiger charge is -2.24. The van der Waals surface area contributed by atoms with Crippen molar-refractivity contribution in [3.05, 3.63) is 65.2 Å². The molecule has 0 aliphatic carbocycles. The van der Waals surface area contributed by atoms with Gasteiger partial charge in [-0.3, -0.25) is 9.59 Å². The summed E-state index contributed by atoms with van der Waals surface area (Å²) in [4.78, 5) is 26.3. The third kappa shape index (κ3) is 4.83. The van der Waals surface area contributed by atoms with E-state index >= 15 is 0 Å². The van der Waals surface area contributed by atoms with E-state index in [1.807, 2.05) is 24.3 Å². The number of para-hydroxylation sites is 1. The largest absolute Gasteiger partial charge is 0.493 e. The van der Waals surface area contributed by atoms with Crippen molar-refractivity contribution in [2.24, 2.45) is 0 Å². The smallest absolute Gasteiger partial charge is 0.303 e. The molecule has 1 amide bonds. The number of benzene rings is 2. The second-order valence-corrected chi connectivity index (χ2v) is 8.71. The van der Waals surface area contributed by atoms with E-state index in [-0.39, 0.29) is 24.0 Å². The van der Waals surface area contributed by atoms with Crippen molar-refractivity contribution in [1.29, 1.82) is 0 Å². The van der Waals surface area contributed by atoms with E-state index in [0.717, 1.165) is 16.8 Å². The number of thioether (sulfide) groups is 1. The molecule has 31 heavy (non-hydrogen) atoms. The van der Waals surface area contributed by atoms with Crippen LogP contribution < -0.4 is 14.4 Å². The highest BCUT2D eigenvalue weighted by Gasteiger charge is 2.37. The third-order valence-corrected chi connectivity index (χ3v) is 6.83. The second-order valence-electron chi connectivity index (χ2n) is 6.96. The van der Waals surface area contributed by atoms with Crippen molar-refractivity contribution in [1.82, 2.24) is 0 Å². The minimum Gasteiger partial charge on any atom is -0.493 e. The fourth-order valence-electron chi connectivity index (χ4n) is 3.69. The summed E-state index contributed by atoms with van der Waals surface area (Å²) < 4.78 is 11.1. The van der Waals surface area contributed by atoms with Gasteiger partial charge in [-0.2, -0.15) is 0 Å². The Morgan fingerprint density at radius 1 is 1.26 bits per heavy atom. The Balaban J connectivity index is 2.22. The number of amides is 1. The average Bonchev–Trinajstić information content (AvgIpc) is 2.87. The summed E-state index contributed by atoms with van der Waals surface area (Å²) in [6.07, 6.45) is 1.75. The minimum absolute atomic E-state index is 0.107. The molecule has 3 rings (SSSR count). The molecule has 164 valence electrons. The lowest BCUT2D eigenvalue weighted by atomic mass is 10.00. The molecule has 2 aromatic rings. The number of nitrogens with zero attached hydrogens (tertiary/aromatic N) is 1. The van der Waals surface area contributed by atoms with Crippen LogP contribution in [0.5, 0.6) is 11.5 Å². The number of fused-ring (bicyclic) bond motifs is 1. The van der Waals surface area contributed by atoms with E-state index in [1.54, 1.807) is 37.3 Å². The first-order chi connectivity index (χ1) is 14.9. The molecule has 0 fully saturated rings. The van der Waals surface area contributed by atoms with Gasteiger partial charge in [0, 0.05) is 29.2 Å². The van der Waals surface area contributed by atoms with Crippen molar-refractivity contribution in [2.45, 2.75) is 23.3 Å². The first kappa shape index (κ1) is 23.0. The Morgan fingerprint density at radius 2 is 2.03 bits per heavy atom. The average molecular weight is 462 g/mol. The normalized spacial score (nSPS) is 18.2. The SMILES string of the molecule is C=CCN1C(=O)[C@@H](CCC(=O)O)S[C@H](c2cccc(OC)c2OC)c2cc(Cl)ccc21. The van der Waals surface area contributed by atoms with Crippen molar-refractivity contribution in [2.75, 3.05) is 25.7 Å². The van der Waals surface area contributed by atoms with Crippen LogP contribution >= 0.6 is 23.4 Å². The van der Waals surface area contributed by atoms with Gasteiger partial charge in [-0.15, -0.1) is 18.3 Å². The lowest BCUT2D eigenvalue weighted by molar-refractivity contribution is -0.137. The predicted octanol–water partition coefficient (Wildman–Crippen LogP) is 4.95. The zero-order chi connectivity index (χ0) is 22.5. The summed E-state index contributed by atoms with van der Waals surface area (Å²) in [7, 11) is 3.14. The van der Waals surface area contributed by atoms with E-state index in [2.05, 4.69) is 6.58 Å². The standard InChI is InChI=1S/C23H24ClNO5S/c1-4-12-25-17-9-8-14(24)13-16(17)22(31-19(23(25)28)10-11-20(26)27)15-6-5-7-18(29-2)21(15)30-3/h4-9,13,19,22H,1,10-12H2,2-3H3,(H,26,27)/t19-,22-/m1/s1. The zero-order valence-electron chi connectivity index (χ0n) is 17.3. The summed E-state index contributed by atoms with van der Waals surface area (Å²) in [5.41, 5.74) is 2.38. The van der Waals surface area contributed by atoms with Gasteiger partial charge in [0.1, 0.15) is 0 Å². The number of carboxylic acids is 1. The van der Waals surface area contributed by atoms with Crippen molar-refractivity contribution < 1.29 is 24.2 Å². The number of methoxy groups -OCH3 is 2. The van der Waals surface area contributed by atoms with Crippen LogP contribution in [0.2, 0.25) is 5.02 Å². The quantitative estimate of drug-likeness (QED) is 0.561. The zero-order valence-corrected chi connectivity index (χ0v) is 18.9. The van der Waals surface area contributed by atoms with E-state index < -0.39 is 11.2 Å². The summed E-state index contributed by atoms with van der Waals surface area (Å²) in [6, 6.07) is 11.0.